The van der Waals surface area contributed by atoms with Crippen molar-refractivity contribution in [1.29, 1.82) is 0 Å². The zero-order valence-electron chi connectivity index (χ0n) is 14.1. The summed E-state index contributed by atoms with van der Waals surface area (Å²) in [6, 6.07) is 5.64. The number of hydrogen-bond acceptors (Lipinski definition) is 3. The average molecular weight is 350 g/mol. The maximum Gasteiger partial charge on any atom is 0.229 e. The van der Waals surface area contributed by atoms with Crippen LogP contribution in [0.15, 0.2) is 18.2 Å². The number of likely N-dealkylation sites (tertiary alicyclic amines) is 1. The summed E-state index contributed by atoms with van der Waals surface area (Å²) in [4.78, 5) is 28.5. The molecule has 0 spiro atoms. The number of carbonyl (C=O) groups is 2. The van der Waals surface area contributed by atoms with Gasteiger partial charge in [-0.25, -0.2) is 0 Å². The predicted octanol–water partition coefficient (Wildman–Crippen LogP) is 3.14. The molecule has 2 saturated heterocycles. The largest absolute Gasteiger partial charge is 0.370 e. The normalized spacial score (nSPS) is 21.2. The monoisotopic (exact) mass is 349 g/mol. The highest BCUT2D eigenvalue weighted by molar-refractivity contribution is 6.31. The van der Waals surface area contributed by atoms with Crippen molar-refractivity contribution in [3.05, 3.63) is 23.2 Å². The maximum absolute atomic E-state index is 12.6. The number of carbonyl (C=O) groups excluding carboxylic acids is 2. The molecule has 3 rings (SSSR count). The first kappa shape index (κ1) is 17.1. The molecule has 6 heteroatoms. The highest BCUT2D eigenvalue weighted by Crippen LogP contribution is 2.32. The number of benzene rings is 1. The minimum atomic E-state index is -0.286. The van der Waals surface area contributed by atoms with E-state index in [1.165, 1.54) is 19.3 Å². The molecule has 0 aromatic heterocycles. The Balaban J connectivity index is 1.75. The lowest BCUT2D eigenvalue weighted by Crippen LogP contribution is -2.31. The van der Waals surface area contributed by atoms with Gasteiger partial charge in [0.2, 0.25) is 11.8 Å². The van der Waals surface area contributed by atoms with Crippen molar-refractivity contribution >= 4 is 34.8 Å². The summed E-state index contributed by atoms with van der Waals surface area (Å²) in [6.07, 6.45) is 3.87. The van der Waals surface area contributed by atoms with Gasteiger partial charge < -0.3 is 15.1 Å². The van der Waals surface area contributed by atoms with E-state index in [2.05, 4.69) is 10.2 Å². The molecule has 130 valence electrons. The van der Waals surface area contributed by atoms with Gasteiger partial charge in [-0.1, -0.05) is 11.6 Å². The third-order valence-electron chi connectivity index (χ3n) is 4.88. The molecule has 2 amide bonds. The topological polar surface area (TPSA) is 52.7 Å². The highest BCUT2D eigenvalue weighted by Gasteiger charge is 2.33. The number of amides is 2. The molecule has 1 atom stereocenters. The van der Waals surface area contributed by atoms with Crippen LogP contribution in [-0.2, 0) is 9.59 Å². The fraction of sp³-hybridized carbons (Fsp3) is 0.556. The maximum atomic E-state index is 12.6. The smallest absolute Gasteiger partial charge is 0.229 e. The standard InChI is InChI=1S/C18H24ClN3O2/c1-2-21-12-13(10-17(21)23)18(24)20-15-11-14(19)6-7-16(15)22-8-4-3-5-9-22/h6-7,11,13H,2-5,8-10,12H2,1H3,(H,20,24). The average Bonchev–Trinajstić information content (AvgIpc) is 2.97. The molecule has 1 aromatic carbocycles. The molecule has 0 aliphatic carbocycles. The summed E-state index contributed by atoms with van der Waals surface area (Å²) in [5.41, 5.74) is 1.76. The summed E-state index contributed by atoms with van der Waals surface area (Å²) in [5, 5.41) is 3.61. The minimum Gasteiger partial charge on any atom is -0.370 e. The van der Waals surface area contributed by atoms with Crippen LogP contribution in [0.25, 0.3) is 0 Å². The van der Waals surface area contributed by atoms with E-state index < -0.39 is 0 Å². The van der Waals surface area contributed by atoms with Crippen molar-refractivity contribution in [2.45, 2.75) is 32.6 Å². The van der Waals surface area contributed by atoms with Gasteiger partial charge >= 0.3 is 0 Å². The van der Waals surface area contributed by atoms with Gasteiger partial charge in [0.05, 0.1) is 17.3 Å². The zero-order chi connectivity index (χ0) is 17.1. The summed E-state index contributed by atoms with van der Waals surface area (Å²) >= 11 is 6.14. The molecule has 2 fully saturated rings. The first-order chi connectivity index (χ1) is 11.6. The van der Waals surface area contributed by atoms with E-state index in [0.29, 0.717) is 24.5 Å². The van der Waals surface area contributed by atoms with Crippen LogP contribution in [0, 0.1) is 5.92 Å². The Kier molecular flexibility index (Phi) is 5.29. The molecule has 0 bridgehead atoms. The van der Waals surface area contributed by atoms with Gasteiger partial charge in [-0.15, -0.1) is 0 Å². The lowest BCUT2D eigenvalue weighted by Gasteiger charge is -2.30. The third kappa shape index (κ3) is 3.66. The fourth-order valence-corrected chi connectivity index (χ4v) is 3.68. The van der Waals surface area contributed by atoms with Gasteiger partial charge in [-0.05, 0) is 44.4 Å². The highest BCUT2D eigenvalue weighted by atomic mass is 35.5. The van der Waals surface area contributed by atoms with Gasteiger partial charge in [-0.2, -0.15) is 0 Å². The lowest BCUT2D eigenvalue weighted by atomic mass is 10.1. The number of halogens is 1. The van der Waals surface area contributed by atoms with Gasteiger partial charge in [0.1, 0.15) is 0 Å². The quantitative estimate of drug-likeness (QED) is 0.908. The number of rotatable bonds is 4. The van der Waals surface area contributed by atoms with Crippen molar-refractivity contribution < 1.29 is 9.59 Å². The summed E-state index contributed by atoms with van der Waals surface area (Å²) in [6.45, 7) is 5.08. The van der Waals surface area contributed by atoms with E-state index in [1.807, 2.05) is 19.1 Å². The van der Waals surface area contributed by atoms with E-state index in [9.17, 15) is 9.59 Å². The van der Waals surface area contributed by atoms with Crippen molar-refractivity contribution in [2.75, 3.05) is 36.4 Å². The number of nitrogens with one attached hydrogen (secondary N) is 1. The Hall–Kier alpha value is -1.75. The zero-order valence-corrected chi connectivity index (χ0v) is 14.8. The molecule has 0 saturated carbocycles. The third-order valence-corrected chi connectivity index (χ3v) is 5.12. The Bertz CT molecular complexity index is 629. The molecule has 1 aromatic rings. The molecule has 2 heterocycles. The van der Waals surface area contributed by atoms with Crippen LogP contribution in [0.3, 0.4) is 0 Å². The molecule has 2 aliphatic heterocycles. The van der Waals surface area contributed by atoms with E-state index in [0.717, 1.165) is 24.5 Å². The van der Waals surface area contributed by atoms with Crippen LogP contribution in [0.1, 0.15) is 32.6 Å². The predicted molar refractivity (Wildman–Crippen MR) is 96.5 cm³/mol. The Morgan fingerprint density at radius 1 is 1.29 bits per heavy atom. The molecule has 2 aliphatic rings. The number of anilines is 2. The molecular formula is C18H24ClN3O2. The Labute approximate surface area is 147 Å². The van der Waals surface area contributed by atoms with E-state index in [4.69, 9.17) is 11.6 Å². The van der Waals surface area contributed by atoms with Gasteiger partial charge in [-0.3, -0.25) is 9.59 Å². The lowest BCUT2D eigenvalue weighted by molar-refractivity contribution is -0.128. The van der Waals surface area contributed by atoms with Gasteiger partial charge in [0, 0.05) is 37.6 Å². The molecule has 1 N–H and O–H groups in total. The fourth-order valence-electron chi connectivity index (χ4n) is 3.51. The van der Waals surface area contributed by atoms with Gasteiger partial charge in [0.15, 0.2) is 0 Å². The summed E-state index contributed by atoms with van der Waals surface area (Å²) < 4.78 is 0. The first-order valence-electron chi connectivity index (χ1n) is 8.71. The van der Waals surface area contributed by atoms with Crippen LogP contribution in [-0.4, -0.2) is 42.9 Å². The second kappa shape index (κ2) is 7.43. The van der Waals surface area contributed by atoms with E-state index >= 15 is 0 Å². The Morgan fingerprint density at radius 3 is 2.71 bits per heavy atom. The van der Waals surface area contributed by atoms with Crippen LogP contribution in [0.2, 0.25) is 5.02 Å². The van der Waals surface area contributed by atoms with Crippen LogP contribution in [0.5, 0.6) is 0 Å². The summed E-state index contributed by atoms with van der Waals surface area (Å²) in [5.74, 6) is -0.328. The molecule has 1 unspecified atom stereocenters. The minimum absolute atomic E-state index is 0.0556. The SMILES string of the molecule is CCN1CC(C(=O)Nc2cc(Cl)ccc2N2CCCCC2)CC1=O. The Morgan fingerprint density at radius 2 is 2.04 bits per heavy atom. The molecule has 24 heavy (non-hydrogen) atoms. The van der Waals surface area contributed by atoms with E-state index in [1.54, 1.807) is 11.0 Å². The second-order valence-electron chi connectivity index (χ2n) is 6.53. The van der Waals surface area contributed by atoms with Crippen molar-refractivity contribution in [1.82, 2.24) is 4.90 Å². The summed E-state index contributed by atoms with van der Waals surface area (Å²) in [7, 11) is 0. The second-order valence-corrected chi connectivity index (χ2v) is 6.97. The van der Waals surface area contributed by atoms with Crippen LogP contribution < -0.4 is 10.2 Å². The molecular weight excluding hydrogens is 326 g/mol. The molecule has 0 radical (unpaired) electrons. The number of hydrogen-bond donors (Lipinski definition) is 1. The molecule has 5 nitrogen and oxygen atoms in total. The van der Waals surface area contributed by atoms with Crippen LogP contribution in [0.4, 0.5) is 11.4 Å². The van der Waals surface area contributed by atoms with Crippen molar-refractivity contribution in [3.63, 3.8) is 0 Å². The number of piperidine rings is 1. The van der Waals surface area contributed by atoms with Gasteiger partial charge in [0.25, 0.3) is 0 Å². The van der Waals surface area contributed by atoms with E-state index in [-0.39, 0.29) is 17.7 Å². The number of nitrogens with zero attached hydrogens (tertiary/aromatic N) is 2. The van der Waals surface area contributed by atoms with Crippen molar-refractivity contribution in [3.8, 4) is 0 Å². The van der Waals surface area contributed by atoms with Crippen molar-refractivity contribution in [2.24, 2.45) is 5.92 Å². The van der Waals surface area contributed by atoms with Crippen LogP contribution >= 0.6 is 11.6 Å². The first-order valence-corrected chi connectivity index (χ1v) is 9.09.